The fourth-order valence-electron chi connectivity index (χ4n) is 2.16. The van der Waals surface area contributed by atoms with Crippen molar-refractivity contribution in [3.05, 3.63) is 41.4 Å². The van der Waals surface area contributed by atoms with Crippen LogP contribution in [0.2, 0.25) is 5.28 Å². The Morgan fingerprint density at radius 2 is 2.14 bits per heavy atom. The summed E-state index contributed by atoms with van der Waals surface area (Å²) in [5.41, 5.74) is 2.43. The van der Waals surface area contributed by atoms with Gasteiger partial charge in [-0.15, -0.1) is 0 Å². The highest BCUT2D eigenvalue weighted by atomic mass is 35.5. The molecule has 3 rings (SSSR count). The lowest BCUT2D eigenvalue weighted by atomic mass is 10.1. The maximum Gasteiger partial charge on any atom is 0.226 e. The summed E-state index contributed by atoms with van der Waals surface area (Å²) in [5, 5.41) is 3.43. The highest BCUT2D eigenvalue weighted by Gasteiger charge is 2.09. The van der Waals surface area contributed by atoms with Gasteiger partial charge in [-0.25, -0.2) is 4.98 Å². The molecule has 0 aliphatic heterocycles. The van der Waals surface area contributed by atoms with Crippen molar-refractivity contribution in [1.29, 1.82) is 0 Å². The molecule has 0 unspecified atom stereocenters. The van der Waals surface area contributed by atoms with Gasteiger partial charge in [-0.3, -0.25) is 0 Å². The van der Waals surface area contributed by atoms with Gasteiger partial charge in [0.25, 0.3) is 0 Å². The Labute approximate surface area is 126 Å². The minimum Gasteiger partial charge on any atom is -0.496 e. The Hall–Kier alpha value is -2.34. The first-order valence-electron chi connectivity index (χ1n) is 6.50. The van der Waals surface area contributed by atoms with Crippen molar-refractivity contribution in [2.45, 2.75) is 6.42 Å². The molecule has 0 atom stereocenters. The average Bonchev–Trinajstić information content (AvgIpc) is 2.96. The highest BCUT2D eigenvalue weighted by molar-refractivity contribution is 6.28. The minimum atomic E-state index is 0.175. The van der Waals surface area contributed by atoms with Gasteiger partial charge in [-0.2, -0.15) is 9.97 Å². The third-order valence-electron chi connectivity index (χ3n) is 3.14. The van der Waals surface area contributed by atoms with E-state index in [4.69, 9.17) is 16.3 Å². The van der Waals surface area contributed by atoms with E-state index in [0.29, 0.717) is 18.0 Å². The largest absolute Gasteiger partial charge is 0.496 e. The van der Waals surface area contributed by atoms with Crippen LogP contribution in [-0.4, -0.2) is 33.6 Å². The van der Waals surface area contributed by atoms with E-state index in [1.54, 1.807) is 13.4 Å². The zero-order chi connectivity index (χ0) is 14.7. The molecule has 2 N–H and O–H groups in total. The first kappa shape index (κ1) is 13.6. The van der Waals surface area contributed by atoms with Crippen LogP contribution in [0.3, 0.4) is 0 Å². The molecule has 6 nitrogen and oxygen atoms in total. The Kier molecular flexibility index (Phi) is 3.87. The number of rotatable bonds is 5. The number of H-pyrrole nitrogens is 1. The zero-order valence-corrected chi connectivity index (χ0v) is 12.2. The molecule has 2 heterocycles. The van der Waals surface area contributed by atoms with Crippen LogP contribution in [0.1, 0.15) is 5.56 Å². The van der Waals surface area contributed by atoms with Crippen molar-refractivity contribution in [1.82, 2.24) is 19.9 Å². The first-order valence-corrected chi connectivity index (χ1v) is 6.88. The fraction of sp³-hybridized carbons (Fsp3) is 0.214. The van der Waals surface area contributed by atoms with Gasteiger partial charge in [0, 0.05) is 6.54 Å². The fourth-order valence-corrected chi connectivity index (χ4v) is 2.32. The number of aromatic nitrogens is 4. The number of halogens is 1. The van der Waals surface area contributed by atoms with E-state index in [2.05, 4.69) is 25.3 Å². The van der Waals surface area contributed by atoms with E-state index in [1.165, 1.54) is 0 Å². The number of imidazole rings is 1. The van der Waals surface area contributed by atoms with Crippen LogP contribution < -0.4 is 10.1 Å². The molecule has 7 heteroatoms. The Morgan fingerprint density at radius 1 is 1.29 bits per heavy atom. The number of ether oxygens (including phenoxy) is 1. The number of fused-ring (bicyclic) bond motifs is 1. The Bertz CT molecular complexity index is 758. The molecule has 0 fully saturated rings. The minimum absolute atomic E-state index is 0.175. The van der Waals surface area contributed by atoms with Crippen LogP contribution in [0.15, 0.2) is 30.6 Å². The number of para-hydroxylation sites is 1. The van der Waals surface area contributed by atoms with Crippen molar-refractivity contribution >= 4 is 28.6 Å². The number of nitrogens with zero attached hydrogens (tertiary/aromatic N) is 3. The van der Waals surface area contributed by atoms with Crippen LogP contribution in [0, 0.1) is 0 Å². The van der Waals surface area contributed by atoms with Crippen LogP contribution in [-0.2, 0) is 6.42 Å². The molecule has 0 saturated heterocycles. The number of benzene rings is 1. The molecule has 0 amide bonds. The topological polar surface area (TPSA) is 75.7 Å². The summed E-state index contributed by atoms with van der Waals surface area (Å²) in [6.07, 6.45) is 2.38. The smallest absolute Gasteiger partial charge is 0.226 e. The summed E-state index contributed by atoms with van der Waals surface area (Å²) in [6.45, 7) is 0.696. The van der Waals surface area contributed by atoms with E-state index in [0.717, 1.165) is 23.3 Å². The summed E-state index contributed by atoms with van der Waals surface area (Å²) in [7, 11) is 1.67. The lowest BCUT2D eigenvalue weighted by Gasteiger charge is -2.09. The standard InChI is InChI=1S/C14H14ClN5O/c1-21-10-5-3-2-4-9(10)6-7-16-12-11-13(18-8-17-11)20-14(15)19-12/h2-5,8H,6-7H2,1H3,(H2,16,17,18,19,20). The molecule has 1 aromatic carbocycles. The van der Waals surface area contributed by atoms with Crippen molar-refractivity contribution < 1.29 is 4.74 Å². The van der Waals surface area contributed by atoms with E-state index in [-0.39, 0.29) is 5.28 Å². The SMILES string of the molecule is COc1ccccc1CCNc1nc(Cl)nc2nc[nH]c12. The van der Waals surface area contributed by atoms with Gasteiger partial charge < -0.3 is 15.0 Å². The lowest BCUT2D eigenvalue weighted by Crippen LogP contribution is -2.08. The summed E-state index contributed by atoms with van der Waals surface area (Å²) >= 11 is 5.89. The third kappa shape index (κ3) is 2.90. The number of hydrogen-bond acceptors (Lipinski definition) is 5. The second-order valence-electron chi connectivity index (χ2n) is 4.43. The Balaban J connectivity index is 1.73. The predicted octanol–water partition coefficient (Wildman–Crippen LogP) is 2.67. The molecule has 3 aromatic rings. The van der Waals surface area contributed by atoms with E-state index in [9.17, 15) is 0 Å². The van der Waals surface area contributed by atoms with Crippen LogP contribution in [0.25, 0.3) is 11.2 Å². The van der Waals surface area contributed by atoms with Crippen LogP contribution in [0.4, 0.5) is 5.82 Å². The third-order valence-corrected chi connectivity index (χ3v) is 3.31. The van der Waals surface area contributed by atoms with Crippen molar-refractivity contribution in [2.75, 3.05) is 19.0 Å². The molecule has 21 heavy (non-hydrogen) atoms. The number of methoxy groups -OCH3 is 1. The molecule has 0 radical (unpaired) electrons. The summed E-state index contributed by atoms with van der Waals surface area (Å²) in [5.74, 6) is 1.53. The predicted molar refractivity (Wildman–Crippen MR) is 81.9 cm³/mol. The van der Waals surface area contributed by atoms with E-state index < -0.39 is 0 Å². The van der Waals surface area contributed by atoms with E-state index in [1.807, 2.05) is 24.3 Å². The summed E-state index contributed by atoms with van der Waals surface area (Å²) in [6, 6.07) is 7.93. The molecular weight excluding hydrogens is 290 g/mol. The second kappa shape index (κ2) is 5.97. The Morgan fingerprint density at radius 3 is 3.00 bits per heavy atom. The van der Waals surface area contributed by atoms with Crippen LogP contribution >= 0.6 is 11.6 Å². The molecule has 0 bridgehead atoms. The monoisotopic (exact) mass is 303 g/mol. The second-order valence-corrected chi connectivity index (χ2v) is 4.77. The average molecular weight is 304 g/mol. The van der Waals surface area contributed by atoms with E-state index >= 15 is 0 Å². The number of hydrogen-bond donors (Lipinski definition) is 2. The van der Waals surface area contributed by atoms with Gasteiger partial charge in [0.2, 0.25) is 5.28 Å². The van der Waals surface area contributed by atoms with Gasteiger partial charge in [0.15, 0.2) is 11.5 Å². The first-order chi connectivity index (χ1) is 10.3. The summed E-state index contributed by atoms with van der Waals surface area (Å²) in [4.78, 5) is 15.3. The van der Waals surface area contributed by atoms with Crippen molar-refractivity contribution in [3.63, 3.8) is 0 Å². The maximum atomic E-state index is 5.89. The normalized spacial score (nSPS) is 10.8. The lowest BCUT2D eigenvalue weighted by molar-refractivity contribution is 0.410. The van der Waals surface area contributed by atoms with Gasteiger partial charge >= 0.3 is 0 Å². The molecule has 0 saturated carbocycles. The molecule has 0 aliphatic carbocycles. The zero-order valence-electron chi connectivity index (χ0n) is 11.4. The molecule has 0 spiro atoms. The number of aromatic amines is 1. The number of nitrogens with one attached hydrogen (secondary N) is 2. The van der Waals surface area contributed by atoms with Crippen LogP contribution in [0.5, 0.6) is 5.75 Å². The highest BCUT2D eigenvalue weighted by Crippen LogP contribution is 2.20. The quantitative estimate of drug-likeness (QED) is 0.709. The van der Waals surface area contributed by atoms with Gasteiger partial charge in [0.05, 0.1) is 13.4 Å². The van der Waals surface area contributed by atoms with Gasteiger partial charge in [0.1, 0.15) is 11.3 Å². The van der Waals surface area contributed by atoms with Gasteiger partial charge in [-0.1, -0.05) is 18.2 Å². The maximum absolute atomic E-state index is 5.89. The van der Waals surface area contributed by atoms with Crippen molar-refractivity contribution in [2.24, 2.45) is 0 Å². The van der Waals surface area contributed by atoms with Gasteiger partial charge in [-0.05, 0) is 29.7 Å². The molecule has 2 aromatic heterocycles. The van der Waals surface area contributed by atoms with Crippen molar-refractivity contribution in [3.8, 4) is 5.75 Å². The summed E-state index contributed by atoms with van der Waals surface area (Å²) < 4.78 is 5.33. The number of anilines is 1. The molecule has 108 valence electrons. The molecule has 0 aliphatic rings. The molecular formula is C14H14ClN5O.